The number of urea groups is 1. The van der Waals surface area contributed by atoms with Crippen LogP contribution in [-0.4, -0.2) is 41.6 Å². The molecule has 1 aromatic carbocycles. The fourth-order valence-corrected chi connectivity index (χ4v) is 2.83. The molecule has 0 saturated heterocycles. The van der Waals surface area contributed by atoms with E-state index in [1.54, 1.807) is 20.8 Å². The number of aromatic nitrogens is 1. The molecule has 0 radical (unpaired) electrons. The first-order chi connectivity index (χ1) is 12.2. The summed E-state index contributed by atoms with van der Waals surface area (Å²) in [6, 6.07) is 7.04. The third kappa shape index (κ3) is 6.77. The number of benzene rings is 1. The molecule has 3 amide bonds. The quantitative estimate of drug-likeness (QED) is 0.744. The van der Waals surface area contributed by atoms with Crippen molar-refractivity contribution in [3.05, 3.63) is 29.3 Å². The number of para-hydroxylation sites is 1. The first kappa shape index (κ1) is 19.8. The number of fused-ring (bicyclic) bond motifs is 1. The Bertz CT molecular complexity index is 764. The molecule has 1 aromatic heterocycles. The topological polar surface area (TPSA) is 107 Å². The highest BCUT2D eigenvalue weighted by atomic mass is 32.1. The molecule has 0 spiro atoms. The highest BCUT2D eigenvalue weighted by Crippen LogP contribution is 2.21. The van der Waals surface area contributed by atoms with Gasteiger partial charge in [0.1, 0.15) is 11.6 Å². The van der Waals surface area contributed by atoms with Crippen molar-refractivity contribution >= 4 is 39.5 Å². The van der Waals surface area contributed by atoms with Crippen LogP contribution in [0.3, 0.4) is 0 Å². The van der Waals surface area contributed by atoms with Gasteiger partial charge in [-0.15, -0.1) is 11.3 Å². The summed E-state index contributed by atoms with van der Waals surface area (Å²) in [6.45, 7) is 4.65. The van der Waals surface area contributed by atoms with Crippen molar-refractivity contribution in [3.8, 4) is 0 Å². The summed E-state index contributed by atoms with van der Waals surface area (Å²) in [5.41, 5.74) is 0.402. The minimum absolute atomic E-state index is 0.175. The van der Waals surface area contributed by atoms with Gasteiger partial charge in [0.15, 0.2) is 6.61 Å². The number of hydrogen-bond acceptors (Lipinski definition) is 7. The van der Waals surface area contributed by atoms with Gasteiger partial charge in [-0.1, -0.05) is 12.1 Å². The summed E-state index contributed by atoms with van der Waals surface area (Å²) in [6.07, 6.45) is 0. The molecule has 8 nitrogen and oxygen atoms in total. The van der Waals surface area contributed by atoms with E-state index < -0.39 is 30.1 Å². The zero-order chi connectivity index (χ0) is 19.2. The van der Waals surface area contributed by atoms with Crippen LogP contribution in [0.1, 0.15) is 25.8 Å². The third-order valence-electron chi connectivity index (χ3n) is 2.89. The standard InChI is InChI=1S/C17H21N3O5S/c1-17(2,3)20-16(23)19-13(21)8-25-15(22)10-24-9-14-18-11-6-4-5-7-12(11)26-14/h4-7H,8-10H2,1-3H3,(H2,19,20,21,23). The lowest BCUT2D eigenvalue weighted by atomic mass is 10.1. The lowest BCUT2D eigenvalue weighted by molar-refractivity contribution is -0.153. The van der Waals surface area contributed by atoms with E-state index >= 15 is 0 Å². The molecule has 0 atom stereocenters. The Morgan fingerprint density at radius 1 is 1.15 bits per heavy atom. The molecule has 140 valence electrons. The van der Waals surface area contributed by atoms with E-state index in [0.717, 1.165) is 15.2 Å². The molecule has 0 aliphatic heterocycles. The molecule has 0 fully saturated rings. The van der Waals surface area contributed by atoms with Crippen molar-refractivity contribution in [2.45, 2.75) is 32.9 Å². The summed E-state index contributed by atoms with van der Waals surface area (Å²) in [7, 11) is 0. The summed E-state index contributed by atoms with van der Waals surface area (Å²) < 4.78 is 11.1. The largest absolute Gasteiger partial charge is 0.454 e. The Hall–Kier alpha value is -2.52. The highest BCUT2D eigenvalue weighted by Gasteiger charge is 2.16. The Labute approximate surface area is 154 Å². The minimum atomic E-state index is -0.716. The van der Waals surface area contributed by atoms with Crippen LogP contribution in [0.4, 0.5) is 4.79 Å². The van der Waals surface area contributed by atoms with Gasteiger partial charge in [-0.2, -0.15) is 0 Å². The van der Waals surface area contributed by atoms with E-state index in [1.807, 2.05) is 24.3 Å². The van der Waals surface area contributed by atoms with Crippen molar-refractivity contribution in [1.29, 1.82) is 0 Å². The summed E-state index contributed by atoms with van der Waals surface area (Å²) in [5.74, 6) is -1.41. The molecule has 9 heteroatoms. The third-order valence-corrected chi connectivity index (χ3v) is 3.90. The number of ether oxygens (including phenoxy) is 2. The molecule has 2 rings (SSSR count). The number of thiazole rings is 1. The van der Waals surface area contributed by atoms with Gasteiger partial charge in [0, 0.05) is 5.54 Å². The van der Waals surface area contributed by atoms with E-state index in [2.05, 4.69) is 15.6 Å². The maximum absolute atomic E-state index is 11.6. The monoisotopic (exact) mass is 379 g/mol. The van der Waals surface area contributed by atoms with Gasteiger partial charge in [0.25, 0.3) is 5.91 Å². The van der Waals surface area contributed by atoms with Crippen LogP contribution in [0.25, 0.3) is 10.2 Å². The van der Waals surface area contributed by atoms with Crippen LogP contribution in [0.15, 0.2) is 24.3 Å². The molecular formula is C17H21N3O5S. The maximum Gasteiger partial charge on any atom is 0.332 e. The van der Waals surface area contributed by atoms with Crippen molar-refractivity contribution in [1.82, 2.24) is 15.6 Å². The van der Waals surface area contributed by atoms with Gasteiger partial charge in [-0.3, -0.25) is 10.1 Å². The van der Waals surface area contributed by atoms with Crippen LogP contribution in [-0.2, 0) is 25.7 Å². The van der Waals surface area contributed by atoms with Crippen LogP contribution >= 0.6 is 11.3 Å². The number of hydrogen-bond donors (Lipinski definition) is 2. The van der Waals surface area contributed by atoms with E-state index in [4.69, 9.17) is 9.47 Å². The number of esters is 1. The Morgan fingerprint density at radius 3 is 2.58 bits per heavy atom. The summed E-state index contributed by atoms with van der Waals surface area (Å²) in [5, 5.41) is 5.38. The van der Waals surface area contributed by atoms with Crippen molar-refractivity contribution in [2.24, 2.45) is 0 Å². The molecule has 0 saturated carbocycles. The number of amides is 3. The molecule has 0 aliphatic carbocycles. The predicted molar refractivity (Wildman–Crippen MR) is 96.7 cm³/mol. The van der Waals surface area contributed by atoms with Gasteiger partial charge in [-0.25, -0.2) is 14.6 Å². The first-order valence-corrected chi connectivity index (χ1v) is 8.74. The normalized spacial score (nSPS) is 11.2. The molecule has 2 N–H and O–H groups in total. The number of imide groups is 1. The van der Waals surface area contributed by atoms with Crippen LogP contribution in [0, 0.1) is 0 Å². The van der Waals surface area contributed by atoms with Gasteiger partial charge in [0.05, 0.1) is 16.8 Å². The van der Waals surface area contributed by atoms with Crippen molar-refractivity contribution < 1.29 is 23.9 Å². The zero-order valence-electron chi connectivity index (χ0n) is 14.8. The lowest BCUT2D eigenvalue weighted by Gasteiger charge is -2.20. The smallest absolute Gasteiger partial charge is 0.332 e. The van der Waals surface area contributed by atoms with E-state index in [0.29, 0.717) is 0 Å². The second-order valence-corrected chi connectivity index (χ2v) is 7.60. The number of nitrogens with zero attached hydrogens (tertiary/aromatic N) is 1. The zero-order valence-corrected chi connectivity index (χ0v) is 15.6. The summed E-state index contributed by atoms with van der Waals surface area (Å²) in [4.78, 5) is 39.0. The van der Waals surface area contributed by atoms with Crippen molar-refractivity contribution in [3.63, 3.8) is 0 Å². The number of carbonyl (C=O) groups excluding carboxylic acids is 3. The molecule has 2 aromatic rings. The van der Waals surface area contributed by atoms with E-state index in [9.17, 15) is 14.4 Å². The molecule has 0 aliphatic rings. The maximum atomic E-state index is 11.6. The molecule has 1 heterocycles. The van der Waals surface area contributed by atoms with Crippen LogP contribution < -0.4 is 10.6 Å². The van der Waals surface area contributed by atoms with Crippen LogP contribution in [0.2, 0.25) is 0 Å². The van der Waals surface area contributed by atoms with Gasteiger partial charge >= 0.3 is 12.0 Å². The Kier molecular flexibility index (Phi) is 6.64. The number of carbonyl (C=O) groups is 3. The fourth-order valence-electron chi connectivity index (χ4n) is 1.93. The minimum Gasteiger partial charge on any atom is -0.454 e. The lowest BCUT2D eigenvalue weighted by Crippen LogP contribution is -2.49. The Balaban J connectivity index is 1.65. The number of nitrogens with one attached hydrogen (secondary N) is 2. The summed E-state index contributed by atoms with van der Waals surface area (Å²) >= 11 is 1.48. The molecule has 0 bridgehead atoms. The fraction of sp³-hybridized carbons (Fsp3) is 0.412. The van der Waals surface area contributed by atoms with Crippen LogP contribution in [0.5, 0.6) is 0 Å². The molecule has 0 unspecified atom stereocenters. The second kappa shape index (κ2) is 8.72. The van der Waals surface area contributed by atoms with E-state index in [1.165, 1.54) is 11.3 Å². The van der Waals surface area contributed by atoms with E-state index in [-0.39, 0.29) is 13.2 Å². The van der Waals surface area contributed by atoms with Gasteiger partial charge < -0.3 is 14.8 Å². The molecule has 26 heavy (non-hydrogen) atoms. The highest BCUT2D eigenvalue weighted by molar-refractivity contribution is 7.18. The Morgan fingerprint density at radius 2 is 1.88 bits per heavy atom. The van der Waals surface area contributed by atoms with Gasteiger partial charge in [0.2, 0.25) is 0 Å². The SMILES string of the molecule is CC(C)(C)NC(=O)NC(=O)COC(=O)COCc1nc2ccccc2s1. The van der Waals surface area contributed by atoms with Crippen molar-refractivity contribution in [2.75, 3.05) is 13.2 Å². The second-order valence-electron chi connectivity index (χ2n) is 6.48. The average molecular weight is 379 g/mol. The average Bonchev–Trinajstić information content (AvgIpc) is 2.93. The predicted octanol–water partition coefficient (Wildman–Crippen LogP) is 1.98. The first-order valence-electron chi connectivity index (χ1n) is 7.93. The molecular weight excluding hydrogens is 358 g/mol. The number of rotatable bonds is 6. The van der Waals surface area contributed by atoms with Gasteiger partial charge in [-0.05, 0) is 32.9 Å².